The molecular formula is C30H24F3N5O. The van der Waals surface area contributed by atoms with Gasteiger partial charge >= 0.3 is 6.18 Å². The van der Waals surface area contributed by atoms with Crippen molar-refractivity contribution in [3.8, 4) is 22.3 Å². The van der Waals surface area contributed by atoms with Crippen molar-refractivity contribution in [1.29, 1.82) is 0 Å². The number of rotatable bonds is 6. The Kier molecular flexibility index (Phi) is 6.06. The summed E-state index contributed by atoms with van der Waals surface area (Å²) in [5.41, 5.74) is 6.76. The fourth-order valence-corrected chi connectivity index (χ4v) is 5.17. The number of alkyl halides is 3. The second kappa shape index (κ2) is 9.58. The lowest BCUT2D eigenvalue weighted by Crippen LogP contribution is -2.17. The van der Waals surface area contributed by atoms with Gasteiger partial charge in [-0.2, -0.15) is 18.3 Å². The summed E-state index contributed by atoms with van der Waals surface area (Å²) >= 11 is 0. The first kappa shape index (κ1) is 24.7. The van der Waals surface area contributed by atoms with Crippen LogP contribution in [0.3, 0.4) is 0 Å². The van der Waals surface area contributed by atoms with Gasteiger partial charge in [0.05, 0.1) is 23.1 Å². The van der Waals surface area contributed by atoms with Gasteiger partial charge in [-0.15, -0.1) is 0 Å². The van der Waals surface area contributed by atoms with Gasteiger partial charge in [0, 0.05) is 40.7 Å². The first-order valence-electron chi connectivity index (χ1n) is 12.4. The molecular weight excluding hydrogens is 503 g/mol. The molecule has 1 atom stereocenters. The summed E-state index contributed by atoms with van der Waals surface area (Å²) in [6, 6.07) is 21.6. The number of halogens is 3. The maximum absolute atomic E-state index is 13.1. The standard InChI is InChI=1S/C30H24F3N5O/c1-19-28(20(2)39-36-19)22-11-12-24-25(23-15-35-37(16-23)18-30(31,32)33)17-38(27(24)14-22)29(21-8-4-3-5-9-21)26-10-6-7-13-34-26/h3-17,29H,18H2,1-2H3. The molecule has 9 heteroatoms. The highest BCUT2D eigenvalue weighted by atomic mass is 19.4. The molecule has 0 spiro atoms. The highest BCUT2D eigenvalue weighted by molar-refractivity contribution is 5.98. The average molecular weight is 528 g/mol. The van der Waals surface area contributed by atoms with Crippen molar-refractivity contribution in [2.24, 2.45) is 0 Å². The second-order valence-corrected chi connectivity index (χ2v) is 9.49. The van der Waals surface area contributed by atoms with E-state index in [-0.39, 0.29) is 6.04 Å². The summed E-state index contributed by atoms with van der Waals surface area (Å²) in [5.74, 6) is 0.711. The number of nitrogens with zero attached hydrogens (tertiary/aromatic N) is 5. The zero-order valence-electron chi connectivity index (χ0n) is 21.2. The number of fused-ring (bicyclic) bond motifs is 1. The lowest BCUT2D eigenvalue weighted by atomic mass is 10.00. The van der Waals surface area contributed by atoms with Gasteiger partial charge in [0.15, 0.2) is 0 Å². The van der Waals surface area contributed by atoms with Gasteiger partial charge < -0.3 is 9.09 Å². The van der Waals surface area contributed by atoms with Crippen molar-refractivity contribution < 1.29 is 17.7 Å². The molecule has 196 valence electrons. The van der Waals surface area contributed by atoms with E-state index in [4.69, 9.17) is 4.52 Å². The molecule has 6 nitrogen and oxygen atoms in total. The summed E-state index contributed by atoms with van der Waals surface area (Å²) in [7, 11) is 0. The summed E-state index contributed by atoms with van der Waals surface area (Å²) in [6.07, 6.45) is 2.29. The monoisotopic (exact) mass is 527 g/mol. The molecule has 0 amide bonds. The SMILES string of the molecule is Cc1noc(C)c1-c1ccc2c(-c3cnn(CC(F)(F)F)c3)cn(C(c3ccccc3)c3ccccn3)c2c1. The summed E-state index contributed by atoms with van der Waals surface area (Å²) in [6.45, 7) is 2.62. The molecule has 4 aromatic heterocycles. The van der Waals surface area contributed by atoms with E-state index in [1.165, 1.54) is 12.4 Å². The molecule has 6 aromatic rings. The van der Waals surface area contributed by atoms with Crippen molar-refractivity contribution in [2.75, 3.05) is 0 Å². The van der Waals surface area contributed by atoms with Crippen LogP contribution in [0.25, 0.3) is 33.2 Å². The van der Waals surface area contributed by atoms with Crippen LogP contribution in [-0.4, -0.2) is 30.7 Å². The Morgan fingerprint density at radius 2 is 1.72 bits per heavy atom. The first-order chi connectivity index (χ1) is 18.8. The molecule has 0 N–H and O–H groups in total. The smallest absolute Gasteiger partial charge is 0.361 e. The molecule has 4 heterocycles. The first-order valence-corrected chi connectivity index (χ1v) is 12.4. The average Bonchev–Trinajstić information content (AvgIpc) is 3.61. The van der Waals surface area contributed by atoms with E-state index in [0.717, 1.165) is 49.2 Å². The Hall–Kier alpha value is -4.66. The van der Waals surface area contributed by atoms with Crippen LogP contribution < -0.4 is 0 Å². The summed E-state index contributed by atoms with van der Waals surface area (Å²) < 4.78 is 47.6. The Balaban J connectivity index is 1.60. The third kappa shape index (κ3) is 4.71. The number of hydrogen-bond acceptors (Lipinski definition) is 4. The van der Waals surface area contributed by atoms with Crippen LogP contribution in [0.2, 0.25) is 0 Å². The Morgan fingerprint density at radius 3 is 2.41 bits per heavy atom. The number of aryl methyl sites for hydroxylation is 2. The molecule has 2 aromatic carbocycles. The predicted molar refractivity (Wildman–Crippen MR) is 142 cm³/mol. The largest absolute Gasteiger partial charge is 0.408 e. The molecule has 6 rings (SSSR count). The van der Waals surface area contributed by atoms with Crippen LogP contribution >= 0.6 is 0 Å². The molecule has 0 radical (unpaired) electrons. The Morgan fingerprint density at radius 1 is 0.923 bits per heavy atom. The fourth-order valence-electron chi connectivity index (χ4n) is 5.17. The van der Waals surface area contributed by atoms with E-state index in [9.17, 15) is 13.2 Å². The van der Waals surface area contributed by atoms with Crippen molar-refractivity contribution in [3.05, 3.63) is 114 Å². The van der Waals surface area contributed by atoms with E-state index in [1.54, 1.807) is 6.20 Å². The minimum atomic E-state index is -4.36. The molecule has 0 aliphatic rings. The minimum absolute atomic E-state index is 0.284. The van der Waals surface area contributed by atoms with Crippen molar-refractivity contribution >= 4 is 10.9 Å². The van der Waals surface area contributed by atoms with Crippen LogP contribution in [0.1, 0.15) is 28.8 Å². The minimum Gasteiger partial charge on any atom is -0.361 e. The van der Waals surface area contributed by atoms with Crippen LogP contribution in [0, 0.1) is 13.8 Å². The topological polar surface area (TPSA) is 61.7 Å². The third-order valence-electron chi connectivity index (χ3n) is 6.80. The lowest BCUT2D eigenvalue weighted by Gasteiger charge is -2.21. The van der Waals surface area contributed by atoms with E-state index >= 15 is 0 Å². The van der Waals surface area contributed by atoms with Crippen LogP contribution in [0.4, 0.5) is 13.2 Å². The van der Waals surface area contributed by atoms with E-state index in [2.05, 4.69) is 25.9 Å². The molecule has 0 aliphatic heterocycles. The van der Waals surface area contributed by atoms with Crippen molar-refractivity contribution in [1.82, 2.24) is 24.5 Å². The maximum atomic E-state index is 13.1. The summed E-state index contributed by atoms with van der Waals surface area (Å²) in [5, 5.41) is 8.99. The molecule has 0 bridgehead atoms. The molecule has 0 saturated heterocycles. The second-order valence-electron chi connectivity index (χ2n) is 9.49. The summed E-state index contributed by atoms with van der Waals surface area (Å²) in [4.78, 5) is 4.68. The van der Waals surface area contributed by atoms with Gasteiger partial charge in [0.1, 0.15) is 18.3 Å². The molecule has 1 unspecified atom stereocenters. The van der Waals surface area contributed by atoms with E-state index < -0.39 is 12.7 Å². The predicted octanol–water partition coefficient (Wildman–Crippen LogP) is 7.37. The quantitative estimate of drug-likeness (QED) is 0.227. The number of aromatic nitrogens is 5. The molecule has 0 saturated carbocycles. The van der Waals surface area contributed by atoms with E-state index in [1.807, 2.05) is 80.7 Å². The number of pyridine rings is 1. The van der Waals surface area contributed by atoms with Crippen molar-refractivity contribution in [2.45, 2.75) is 32.6 Å². The Labute approximate surface area is 222 Å². The zero-order valence-corrected chi connectivity index (χ0v) is 21.2. The number of benzene rings is 2. The van der Waals surface area contributed by atoms with Crippen molar-refractivity contribution in [3.63, 3.8) is 0 Å². The van der Waals surface area contributed by atoms with Gasteiger partial charge in [-0.1, -0.05) is 53.7 Å². The van der Waals surface area contributed by atoms with Gasteiger partial charge in [-0.3, -0.25) is 9.67 Å². The maximum Gasteiger partial charge on any atom is 0.408 e. The van der Waals surface area contributed by atoms with Gasteiger partial charge in [0.25, 0.3) is 0 Å². The Bertz CT molecular complexity index is 1690. The molecule has 39 heavy (non-hydrogen) atoms. The van der Waals surface area contributed by atoms with Crippen LogP contribution in [0.15, 0.2) is 96.0 Å². The van der Waals surface area contributed by atoms with E-state index in [0.29, 0.717) is 11.3 Å². The van der Waals surface area contributed by atoms with Gasteiger partial charge in [-0.25, -0.2) is 0 Å². The highest BCUT2D eigenvalue weighted by Crippen LogP contribution is 2.39. The van der Waals surface area contributed by atoms with Gasteiger partial charge in [0.2, 0.25) is 0 Å². The third-order valence-corrected chi connectivity index (χ3v) is 6.80. The molecule has 0 fully saturated rings. The lowest BCUT2D eigenvalue weighted by molar-refractivity contribution is -0.142. The van der Waals surface area contributed by atoms with Crippen LogP contribution in [0.5, 0.6) is 0 Å². The van der Waals surface area contributed by atoms with Gasteiger partial charge in [-0.05, 0) is 43.2 Å². The fraction of sp³-hybridized carbons (Fsp3) is 0.167. The highest BCUT2D eigenvalue weighted by Gasteiger charge is 2.29. The normalized spacial score (nSPS) is 12.7. The molecule has 0 aliphatic carbocycles. The number of hydrogen-bond donors (Lipinski definition) is 0. The van der Waals surface area contributed by atoms with Crippen LogP contribution in [-0.2, 0) is 6.54 Å². The zero-order chi connectivity index (χ0) is 27.1.